The number of rotatable bonds is 5. The fourth-order valence-corrected chi connectivity index (χ4v) is 3.00. The predicted molar refractivity (Wildman–Crippen MR) is 95.4 cm³/mol. The average molecular weight is 349 g/mol. The fourth-order valence-electron chi connectivity index (χ4n) is 3.00. The highest BCUT2D eigenvalue weighted by Gasteiger charge is 2.39. The molecule has 5 nitrogen and oxygen atoms in total. The number of urea groups is 1. The second kappa shape index (κ2) is 8.32. The van der Waals surface area contributed by atoms with E-state index in [1.807, 2.05) is 20.8 Å². The van der Waals surface area contributed by atoms with Gasteiger partial charge in [-0.2, -0.15) is 0 Å². The molecule has 2 rings (SSSR count). The highest BCUT2D eigenvalue weighted by molar-refractivity contribution is 5.84. The zero-order chi connectivity index (χ0) is 18.4. The second-order valence-electron chi connectivity index (χ2n) is 7.47. The number of piperidine rings is 1. The first-order valence-electron chi connectivity index (χ1n) is 8.86. The summed E-state index contributed by atoms with van der Waals surface area (Å²) in [4.78, 5) is 26.6. The van der Waals surface area contributed by atoms with Crippen molar-refractivity contribution in [2.24, 2.45) is 11.3 Å². The normalized spacial score (nSPS) is 20.4. The molecule has 0 aromatic heterocycles. The van der Waals surface area contributed by atoms with Crippen molar-refractivity contribution in [1.29, 1.82) is 0 Å². The van der Waals surface area contributed by atoms with Crippen LogP contribution in [0.25, 0.3) is 0 Å². The highest BCUT2D eigenvalue weighted by Crippen LogP contribution is 2.30. The zero-order valence-corrected chi connectivity index (χ0v) is 15.3. The van der Waals surface area contributed by atoms with Crippen molar-refractivity contribution < 1.29 is 14.0 Å². The van der Waals surface area contributed by atoms with Crippen molar-refractivity contribution in [3.63, 3.8) is 0 Å². The van der Waals surface area contributed by atoms with Crippen LogP contribution >= 0.6 is 0 Å². The third-order valence-corrected chi connectivity index (χ3v) is 4.56. The Bertz CT molecular complexity index is 603. The van der Waals surface area contributed by atoms with E-state index < -0.39 is 5.41 Å². The van der Waals surface area contributed by atoms with Gasteiger partial charge >= 0.3 is 6.03 Å². The molecule has 1 unspecified atom stereocenters. The molecule has 1 aliphatic rings. The molecule has 0 spiro atoms. The molecule has 3 amide bonds. The molecule has 0 bridgehead atoms. The van der Waals surface area contributed by atoms with Crippen LogP contribution in [0, 0.1) is 17.2 Å². The fraction of sp³-hybridized carbons (Fsp3) is 0.579. The minimum Gasteiger partial charge on any atom is -0.351 e. The minimum atomic E-state index is -0.604. The van der Waals surface area contributed by atoms with E-state index in [2.05, 4.69) is 10.6 Å². The van der Waals surface area contributed by atoms with Crippen LogP contribution in [-0.4, -0.2) is 36.5 Å². The van der Waals surface area contributed by atoms with Crippen molar-refractivity contribution >= 4 is 11.9 Å². The summed E-state index contributed by atoms with van der Waals surface area (Å²) >= 11 is 0. The molecule has 1 heterocycles. The van der Waals surface area contributed by atoms with Gasteiger partial charge in [0.25, 0.3) is 0 Å². The van der Waals surface area contributed by atoms with E-state index in [1.165, 1.54) is 12.1 Å². The first kappa shape index (κ1) is 19.2. The van der Waals surface area contributed by atoms with Gasteiger partial charge in [-0.15, -0.1) is 0 Å². The number of carbonyl (C=O) groups is 2. The molecule has 1 aliphatic heterocycles. The van der Waals surface area contributed by atoms with E-state index in [0.29, 0.717) is 32.1 Å². The number of nitrogens with one attached hydrogen (secondary N) is 2. The number of carbonyl (C=O) groups excluding carboxylic acids is 2. The van der Waals surface area contributed by atoms with Gasteiger partial charge in [-0.25, -0.2) is 9.18 Å². The summed E-state index contributed by atoms with van der Waals surface area (Å²) in [6.45, 7) is 8.05. The van der Waals surface area contributed by atoms with Gasteiger partial charge in [0, 0.05) is 26.2 Å². The Morgan fingerprint density at radius 1 is 1.24 bits per heavy atom. The summed E-state index contributed by atoms with van der Waals surface area (Å²) in [6.07, 6.45) is 1.55. The lowest BCUT2D eigenvalue weighted by molar-refractivity contribution is -0.132. The van der Waals surface area contributed by atoms with Gasteiger partial charge in [0.05, 0.1) is 5.41 Å². The Labute approximate surface area is 149 Å². The third kappa shape index (κ3) is 5.44. The minimum absolute atomic E-state index is 0.0711. The molecule has 0 radical (unpaired) electrons. The van der Waals surface area contributed by atoms with E-state index >= 15 is 0 Å². The summed E-state index contributed by atoms with van der Waals surface area (Å²) in [5.41, 5.74) is 0.244. The van der Waals surface area contributed by atoms with Crippen molar-refractivity contribution in [3.05, 3.63) is 35.6 Å². The molecule has 25 heavy (non-hydrogen) atoms. The summed E-state index contributed by atoms with van der Waals surface area (Å²) in [7, 11) is 0. The molecule has 138 valence electrons. The molecule has 1 aromatic carbocycles. The van der Waals surface area contributed by atoms with Crippen LogP contribution in [0.3, 0.4) is 0 Å². The summed E-state index contributed by atoms with van der Waals surface area (Å²) in [5, 5.41) is 5.83. The molecule has 1 saturated heterocycles. The third-order valence-electron chi connectivity index (χ3n) is 4.56. The van der Waals surface area contributed by atoms with Gasteiger partial charge in [0.15, 0.2) is 0 Å². The van der Waals surface area contributed by atoms with Crippen LogP contribution in [0.4, 0.5) is 9.18 Å². The maximum atomic E-state index is 12.9. The Morgan fingerprint density at radius 3 is 2.56 bits per heavy atom. The summed E-state index contributed by atoms with van der Waals surface area (Å²) < 4.78 is 12.9. The van der Waals surface area contributed by atoms with Gasteiger partial charge in [0.2, 0.25) is 5.91 Å². The van der Waals surface area contributed by atoms with Gasteiger partial charge < -0.3 is 15.5 Å². The van der Waals surface area contributed by atoms with Crippen LogP contribution in [0.15, 0.2) is 24.3 Å². The maximum Gasteiger partial charge on any atom is 0.317 e. The first-order chi connectivity index (χ1) is 11.8. The van der Waals surface area contributed by atoms with Gasteiger partial charge in [-0.3, -0.25) is 4.79 Å². The predicted octanol–water partition coefficient (Wildman–Crippen LogP) is 2.91. The van der Waals surface area contributed by atoms with Crippen molar-refractivity contribution in [2.45, 2.75) is 40.2 Å². The summed E-state index contributed by atoms with van der Waals surface area (Å²) in [6, 6.07) is 5.97. The second-order valence-corrected chi connectivity index (χ2v) is 7.47. The molecule has 6 heteroatoms. The number of hydrogen-bond acceptors (Lipinski definition) is 2. The number of benzene rings is 1. The Morgan fingerprint density at radius 2 is 1.92 bits per heavy atom. The Balaban J connectivity index is 1.90. The number of halogens is 1. The van der Waals surface area contributed by atoms with Crippen LogP contribution in [-0.2, 0) is 11.3 Å². The van der Waals surface area contributed by atoms with Gasteiger partial charge in [-0.05, 0) is 43.4 Å². The van der Waals surface area contributed by atoms with E-state index in [9.17, 15) is 14.0 Å². The largest absolute Gasteiger partial charge is 0.351 e. The van der Waals surface area contributed by atoms with Crippen LogP contribution in [0.2, 0.25) is 0 Å². The van der Waals surface area contributed by atoms with Gasteiger partial charge in [0.1, 0.15) is 5.82 Å². The molecule has 0 aliphatic carbocycles. The lowest BCUT2D eigenvalue weighted by atomic mass is 9.81. The number of hydrogen-bond donors (Lipinski definition) is 2. The van der Waals surface area contributed by atoms with Crippen LogP contribution in [0.5, 0.6) is 0 Å². The topological polar surface area (TPSA) is 61.4 Å². The molecular formula is C19H28FN3O2. The highest BCUT2D eigenvalue weighted by atomic mass is 19.1. The van der Waals surface area contributed by atoms with Crippen molar-refractivity contribution in [2.75, 3.05) is 19.6 Å². The smallest absolute Gasteiger partial charge is 0.317 e. The van der Waals surface area contributed by atoms with Crippen molar-refractivity contribution in [3.8, 4) is 0 Å². The molecule has 2 N–H and O–H groups in total. The maximum absolute atomic E-state index is 12.9. The van der Waals surface area contributed by atoms with E-state index in [4.69, 9.17) is 0 Å². The van der Waals surface area contributed by atoms with Crippen molar-refractivity contribution in [1.82, 2.24) is 15.5 Å². The lowest BCUT2D eigenvalue weighted by Crippen LogP contribution is -2.54. The Hall–Kier alpha value is -2.11. The molecule has 1 atom stereocenters. The van der Waals surface area contributed by atoms with Gasteiger partial charge in [-0.1, -0.05) is 26.0 Å². The first-order valence-corrected chi connectivity index (χ1v) is 8.86. The van der Waals surface area contributed by atoms with Crippen LogP contribution in [0.1, 0.15) is 39.2 Å². The monoisotopic (exact) mass is 349 g/mol. The molecule has 1 fully saturated rings. The van der Waals surface area contributed by atoms with E-state index in [0.717, 1.165) is 18.4 Å². The van der Waals surface area contributed by atoms with E-state index in [1.54, 1.807) is 17.0 Å². The zero-order valence-electron chi connectivity index (χ0n) is 15.3. The molecule has 1 aromatic rings. The Kier molecular flexibility index (Phi) is 6.39. The number of likely N-dealkylation sites (tertiary alicyclic amines) is 1. The lowest BCUT2D eigenvalue weighted by Gasteiger charge is -2.39. The van der Waals surface area contributed by atoms with Crippen LogP contribution < -0.4 is 10.6 Å². The van der Waals surface area contributed by atoms with E-state index in [-0.39, 0.29) is 17.8 Å². The number of amides is 3. The number of nitrogens with zero attached hydrogens (tertiary/aromatic N) is 1. The SMILES string of the molecule is CC(C)CNC(=O)N1CCCC(C)(C(=O)NCc2ccc(F)cc2)C1. The molecular weight excluding hydrogens is 321 g/mol. The summed E-state index contributed by atoms with van der Waals surface area (Å²) in [5.74, 6) is 0.0229. The quantitative estimate of drug-likeness (QED) is 0.859. The molecule has 0 saturated carbocycles. The average Bonchev–Trinajstić information content (AvgIpc) is 2.58. The standard InChI is InChI=1S/C19H28FN3O2/c1-14(2)11-22-18(25)23-10-4-9-19(3,13-23)17(24)21-12-15-5-7-16(20)8-6-15/h5-8,14H,4,9-13H2,1-3H3,(H,21,24)(H,22,25).